The smallest absolute Gasteiger partial charge is 0.132 e. The molecule has 0 aliphatic rings. The number of hydrogen-bond donors (Lipinski definition) is 1. The first kappa shape index (κ1) is 9.68. The van der Waals surface area contributed by atoms with E-state index in [1.807, 2.05) is 25.4 Å². The van der Waals surface area contributed by atoms with Gasteiger partial charge in [0.1, 0.15) is 10.4 Å². The van der Waals surface area contributed by atoms with Gasteiger partial charge in [0.25, 0.3) is 0 Å². The SMILES string of the molecule is CNCCc1nc(Br)c2ccccn12. The molecule has 0 radical (unpaired) electrons. The molecule has 74 valence electrons. The van der Waals surface area contributed by atoms with Crippen molar-refractivity contribution in [2.45, 2.75) is 6.42 Å². The van der Waals surface area contributed by atoms with Crippen molar-refractivity contribution in [3.8, 4) is 0 Å². The first-order valence-electron chi connectivity index (χ1n) is 4.59. The van der Waals surface area contributed by atoms with E-state index in [4.69, 9.17) is 0 Å². The Morgan fingerprint density at radius 2 is 2.36 bits per heavy atom. The summed E-state index contributed by atoms with van der Waals surface area (Å²) in [5.41, 5.74) is 1.12. The van der Waals surface area contributed by atoms with Crippen LogP contribution in [0.3, 0.4) is 0 Å². The van der Waals surface area contributed by atoms with Gasteiger partial charge < -0.3 is 9.72 Å². The average molecular weight is 254 g/mol. The van der Waals surface area contributed by atoms with Crippen LogP contribution in [-0.2, 0) is 6.42 Å². The molecule has 0 spiro atoms. The molecule has 0 aromatic carbocycles. The second kappa shape index (κ2) is 4.11. The first-order valence-corrected chi connectivity index (χ1v) is 5.38. The molecule has 2 rings (SSSR count). The monoisotopic (exact) mass is 253 g/mol. The number of aromatic nitrogens is 2. The Morgan fingerprint density at radius 3 is 3.14 bits per heavy atom. The lowest BCUT2D eigenvalue weighted by Crippen LogP contribution is -2.12. The summed E-state index contributed by atoms with van der Waals surface area (Å²) in [6.07, 6.45) is 2.98. The second-order valence-electron chi connectivity index (χ2n) is 3.13. The molecule has 0 aliphatic carbocycles. The van der Waals surface area contributed by atoms with E-state index in [2.05, 4.69) is 36.7 Å². The predicted molar refractivity (Wildman–Crippen MR) is 60.5 cm³/mol. The number of pyridine rings is 1. The maximum absolute atomic E-state index is 4.47. The van der Waals surface area contributed by atoms with Gasteiger partial charge in [-0.15, -0.1) is 0 Å². The molecular formula is C10H12BrN3. The lowest BCUT2D eigenvalue weighted by atomic mass is 10.4. The third-order valence-electron chi connectivity index (χ3n) is 2.18. The number of rotatable bonds is 3. The molecular weight excluding hydrogens is 242 g/mol. The standard InChI is InChI=1S/C10H12BrN3/c1-12-6-5-9-13-10(11)8-4-2-3-7-14(8)9/h2-4,7,12H,5-6H2,1H3. The van der Waals surface area contributed by atoms with Crippen molar-refractivity contribution in [1.82, 2.24) is 14.7 Å². The number of nitrogens with zero attached hydrogens (tertiary/aromatic N) is 2. The molecule has 0 unspecified atom stereocenters. The molecule has 0 aliphatic heterocycles. The molecule has 0 saturated carbocycles. The highest BCUT2D eigenvalue weighted by Gasteiger charge is 2.06. The quantitative estimate of drug-likeness (QED) is 0.905. The van der Waals surface area contributed by atoms with Gasteiger partial charge in [-0.2, -0.15) is 0 Å². The number of likely N-dealkylation sites (N-methyl/N-ethyl adjacent to an activating group) is 1. The van der Waals surface area contributed by atoms with Gasteiger partial charge in [0.05, 0.1) is 5.52 Å². The fraction of sp³-hybridized carbons (Fsp3) is 0.300. The molecule has 4 heteroatoms. The van der Waals surface area contributed by atoms with Crippen LogP contribution in [0, 0.1) is 0 Å². The van der Waals surface area contributed by atoms with Crippen LogP contribution < -0.4 is 5.32 Å². The van der Waals surface area contributed by atoms with Gasteiger partial charge in [0.15, 0.2) is 0 Å². The van der Waals surface area contributed by atoms with Crippen molar-refractivity contribution in [1.29, 1.82) is 0 Å². The molecule has 1 N–H and O–H groups in total. The average Bonchev–Trinajstić information content (AvgIpc) is 2.54. The van der Waals surface area contributed by atoms with Gasteiger partial charge in [0.2, 0.25) is 0 Å². The third-order valence-corrected chi connectivity index (χ3v) is 2.76. The Bertz CT molecular complexity index is 436. The Balaban J connectivity index is 2.44. The predicted octanol–water partition coefficient (Wildman–Crippen LogP) is 1.86. The molecule has 0 saturated heterocycles. The van der Waals surface area contributed by atoms with E-state index in [0.717, 1.165) is 28.9 Å². The van der Waals surface area contributed by atoms with Crippen LogP contribution in [0.2, 0.25) is 0 Å². The van der Waals surface area contributed by atoms with Crippen molar-refractivity contribution in [2.75, 3.05) is 13.6 Å². The van der Waals surface area contributed by atoms with Crippen molar-refractivity contribution in [3.63, 3.8) is 0 Å². The van der Waals surface area contributed by atoms with Crippen LogP contribution in [0.25, 0.3) is 5.52 Å². The molecule has 2 heterocycles. The summed E-state index contributed by atoms with van der Waals surface area (Å²) in [6, 6.07) is 6.09. The van der Waals surface area contributed by atoms with Gasteiger partial charge in [0, 0.05) is 19.2 Å². The van der Waals surface area contributed by atoms with E-state index in [1.54, 1.807) is 0 Å². The van der Waals surface area contributed by atoms with Crippen molar-refractivity contribution in [2.24, 2.45) is 0 Å². The normalized spacial score (nSPS) is 11.0. The Hall–Kier alpha value is -0.870. The highest BCUT2D eigenvalue weighted by molar-refractivity contribution is 9.10. The van der Waals surface area contributed by atoms with E-state index in [1.165, 1.54) is 0 Å². The maximum atomic E-state index is 4.47. The van der Waals surface area contributed by atoms with Crippen molar-refractivity contribution >= 4 is 21.4 Å². The third kappa shape index (κ3) is 1.67. The number of fused-ring (bicyclic) bond motifs is 1. The summed E-state index contributed by atoms with van der Waals surface area (Å²) in [5.74, 6) is 1.09. The minimum Gasteiger partial charge on any atom is -0.319 e. The van der Waals surface area contributed by atoms with E-state index in [-0.39, 0.29) is 0 Å². The summed E-state index contributed by atoms with van der Waals surface area (Å²) in [4.78, 5) is 4.47. The Morgan fingerprint density at radius 1 is 1.50 bits per heavy atom. The van der Waals surface area contributed by atoms with E-state index < -0.39 is 0 Å². The molecule has 0 amide bonds. The molecule has 3 nitrogen and oxygen atoms in total. The van der Waals surface area contributed by atoms with E-state index >= 15 is 0 Å². The lowest BCUT2D eigenvalue weighted by molar-refractivity contribution is 0.752. The van der Waals surface area contributed by atoms with E-state index in [9.17, 15) is 0 Å². The van der Waals surface area contributed by atoms with Gasteiger partial charge in [-0.25, -0.2) is 4.98 Å². The van der Waals surface area contributed by atoms with Gasteiger partial charge in [-0.1, -0.05) is 6.07 Å². The summed E-state index contributed by atoms with van der Waals surface area (Å²) in [5, 5.41) is 3.12. The molecule has 0 bridgehead atoms. The van der Waals surface area contributed by atoms with E-state index in [0.29, 0.717) is 0 Å². The number of halogens is 1. The largest absolute Gasteiger partial charge is 0.319 e. The summed E-state index contributed by atoms with van der Waals surface area (Å²) in [7, 11) is 1.95. The fourth-order valence-corrected chi connectivity index (χ4v) is 2.00. The van der Waals surface area contributed by atoms with Gasteiger partial charge in [-0.05, 0) is 35.1 Å². The first-order chi connectivity index (χ1) is 6.83. The zero-order valence-electron chi connectivity index (χ0n) is 8.00. The molecule has 2 aromatic heterocycles. The summed E-state index contributed by atoms with van der Waals surface area (Å²) >= 11 is 3.46. The molecule has 0 atom stereocenters. The van der Waals surface area contributed by atoms with Crippen molar-refractivity contribution < 1.29 is 0 Å². The van der Waals surface area contributed by atoms with Crippen LogP contribution in [0.5, 0.6) is 0 Å². The molecule has 14 heavy (non-hydrogen) atoms. The van der Waals surface area contributed by atoms with Crippen LogP contribution >= 0.6 is 15.9 Å². The molecule has 2 aromatic rings. The summed E-state index contributed by atoms with van der Waals surface area (Å²) < 4.78 is 3.03. The van der Waals surface area contributed by atoms with Crippen LogP contribution in [0.15, 0.2) is 29.0 Å². The second-order valence-corrected chi connectivity index (χ2v) is 3.88. The van der Waals surface area contributed by atoms with Gasteiger partial charge >= 0.3 is 0 Å². The number of nitrogens with one attached hydrogen (secondary N) is 1. The summed E-state index contributed by atoms with van der Waals surface area (Å²) in [6.45, 7) is 0.945. The van der Waals surface area contributed by atoms with Crippen LogP contribution in [0.1, 0.15) is 5.82 Å². The minimum absolute atomic E-state index is 0.921. The highest BCUT2D eigenvalue weighted by Crippen LogP contribution is 2.18. The zero-order chi connectivity index (χ0) is 9.97. The van der Waals surface area contributed by atoms with Crippen molar-refractivity contribution in [3.05, 3.63) is 34.8 Å². The molecule has 0 fully saturated rings. The zero-order valence-corrected chi connectivity index (χ0v) is 9.58. The number of hydrogen-bond acceptors (Lipinski definition) is 2. The van der Waals surface area contributed by atoms with Crippen LogP contribution in [-0.4, -0.2) is 23.0 Å². The Labute approximate surface area is 91.3 Å². The Kier molecular flexibility index (Phi) is 2.84. The van der Waals surface area contributed by atoms with Gasteiger partial charge in [-0.3, -0.25) is 0 Å². The minimum atomic E-state index is 0.921. The fourth-order valence-electron chi connectivity index (χ4n) is 1.47. The highest BCUT2D eigenvalue weighted by atomic mass is 79.9. The number of imidazole rings is 1. The topological polar surface area (TPSA) is 29.3 Å². The lowest BCUT2D eigenvalue weighted by Gasteiger charge is -1.99. The van der Waals surface area contributed by atoms with Crippen LogP contribution in [0.4, 0.5) is 0 Å². The maximum Gasteiger partial charge on any atom is 0.132 e.